The number of hydrogen-bond donors (Lipinski definition) is 2. The number of aliphatic hydroxyl groups is 1. The predicted molar refractivity (Wildman–Crippen MR) is 77.0 cm³/mol. The molecule has 4 heteroatoms. The maximum atomic E-state index is 8.92. The molecule has 0 unspecified atom stereocenters. The van der Waals surface area contributed by atoms with E-state index in [-0.39, 0.29) is 6.61 Å². The van der Waals surface area contributed by atoms with Gasteiger partial charge in [0, 0.05) is 24.3 Å². The van der Waals surface area contributed by atoms with Crippen LogP contribution in [0.3, 0.4) is 0 Å². The molecule has 110 valence electrons. The van der Waals surface area contributed by atoms with Gasteiger partial charge in [-0.25, -0.2) is 0 Å². The topological polar surface area (TPSA) is 50.1 Å². The normalized spacial score (nSPS) is 38.5. The van der Waals surface area contributed by atoms with Crippen molar-refractivity contribution in [3.8, 4) is 0 Å². The van der Waals surface area contributed by atoms with Gasteiger partial charge in [0.15, 0.2) is 0 Å². The van der Waals surface area contributed by atoms with Gasteiger partial charge in [0.05, 0.1) is 19.3 Å². The summed E-state index contributed by atoms with van der Waals surface area (Å²) >= 11 is 0. The van der Waals surface area contributed by atoms with Gasteiger partial charge < -0.3 is 10.4 Å². The van der Waals surface area contributed by atoms with Gasteiger partial charge in [0.25, 0.3) is 0 Å². The third-order valence-electron chi connectivity index (χ3n) is 5.78. The quantitative estimate of drug-likeness (QED) is 0.861. The molecule has 2 N–H and O–H groups in total. The van der Waals surface area contributed by atoms with E-state index in [1.165, 1.54) is 37.7 Å². The highest BCUT2D eigenvalue weighted by molar-refractivity contribution is 5.06. The second-order valence-electron chi connectivity index (χ2n) is 7.17. The van der Waals surface area contributed by atoms with Gasteiger partial charge in [-0.1, -0.05) is 0 Å². The Labute approximate surface area is 120 Å². The largest absolute Gasteiger partial charge is 0.394 e. The highest BCUT2D eigenvalue weighted by Crippen LogP contribution is 2.53. The molecule has 0 spiro atoms. The van der Waals surface area contributed by atoms with Crippen LogP contribution in [-0.2, 0) is 13.1 Å². The SMILES string of the molecule is OCCn1cc(CNC2C3CC4CC(C3)CC2C4)cn1. The molecule has 4 aliphatic carbocycles. The van der Waals surface area contributed by atoms with Crippen molar-refractivity contribution >= 4 is 0 Å². The number of aliphatic hydroxyl groups excluding tert-OH is 1. The van der Waals surface area contributed by atoms with E-state index in [0.29, 0.717) is 6.54 Å². The monoisotopic (exact) mass is 275 g/mol. The third kappa shape index (κ3) is 2.29. The highest BCUT2D eigenvalue weighted by Gasteiger charge is 2.47. The molecule has 4 aliphatic rings. The molecule has 4 fully saturated rings. The second kappa shape index (κ2) is 5.15. The highest BCUT2D eigenvalue weighted by atomic mass is 16.3. The van der Waals surface area contributed by atoms with Crippen molar-refractivity contribution < 1.29 is 5.11 Å². The predicted octanol–water partition coefficient (Wildman–Crippen LogP) is 1.79. The van der Waals surface area contributed by atoms with Gasteiger partial charge in [-0.2, -0.15) is 5.10 Å². The Hall–Kier alpha value is -0.870. The van der Waals surface area contributed by atoms with Crippen LogP contribution in [0.2, 0.25) is 0 Å². The minimum atomic E-state index is 0.157. The first-order valence-corrected chi connectivity index (χ1v) is 8.17. The van der Waals surface area contributed by atoms with Gasteiger partial charge in [-0.05, 0) is 55.8 Å². The second-order valence-corrected chi connectivity index (χ2v) is 7.17. The van der Waals surface area contributed by atoms with Gasteiger partial charge in [-0.3, -0.25) is 4.68 Å². The van der Waals surface area contributed by atoms with Crippen LogP contribution in [0.1, 0.15) is 37.7 Å². The third-order valence-corrected chi connectivity index (χ3v) is 5.78. The van der Waals surface area contributed by atoms with Crippen LogP contribution >= 0.6 is 0 Å². The Morgan fingerprint density at radius 1 is 1.15 bits per heavy atom. The summed E-state index contributed by atoms with van der Waals surface area (Å²) < 4.78 is 1.83. The first-order valence-electron chi connectivity index (χ1n) is 8.17. The lowest BCUT2D eigenvalue weighted by molar-refractivity contribution is -0.0142. The zero-order valence-corrected chi connectivity index (χ0v) is 12.0. The summed E-state index contributed by atoms with van der Waals surface area (Å²) in [6.07, 6.45) is 11.4. The smallest absolute Gasteiger partial charge is 0.0640 e. The molecule has 5 rings (SSSR count). The Kier molecular flexibility index (Phi) is 3.31. The fraction of sp³-hybridized carbons (Fsp3) is 0.812. The Bertz CT molecular complexity index is 442. The number of hydrogen-bond acceptors (Lipinski definition) is 3. The van der Waals surface area contributed by atoms with Gasteiger partial charge in [0.2, 0.25) is 0 Å². The van der Waals surface area contributed by atoms with E-state index in [4.69, 9.17) is 5.11 Å². The molecule has 20 heavy (non-hydrogen) atoms. The molecule has 0 aliphatic heterocycles. The molecule has 1 heterocycles. The summed E-state index contributed by atoms with van der Waals surface area (Å²) in [5, 5.41) is 17.0. The van der Waals surface area contributed by atoms with Gasteiger partial charge >= 0.3 is 0 Å². The number of nitrogens with one attached hydrogen (secondary N) is 1. The van der Waals surface area contributed by atoms with Crippen molar-refractivity contribution in [3.05, 3.63) is 18.0 Å². The first-order chi connectivity index (χ1) is 9.81. The van der Waals surface area contributed by atoms with E-state index in [2.05, 4.69) is 16.6 Å². The molecular formula is C16H25N3O. The molecular weight excluding hydrogens is 250 g/mol. The van der Waals surface area contributed by atoms with Crippen LogP contribution in [0, 0.1) is 23.7 Å². The molecule has 0 radical (unpaired) electrons. The molecule has 0 aromatic carbocycles. The summed E-state index contributed by atoms with van der Waals surface area (Å²) in [7, 11) is 0. The van der Waals surface area contributed by atoms with Crippen LogP contribution in [0.15, 0.2) is 12.4 Å². The van der Waals surface area contributed by atoms with Crippen molar-refractivity contribution in [1.82, 2.24) is 15.1 Å². The number of rotatable bonds is 5. The minimum absolute atomic E-state index is 0.157. The summed E-state index contributed by atoms with van der Waals surface area (Å²) in [4.78, 5) is 0. The standard InChI is InChI=1S/C16H25N3O/c20-2-1-19-10-13(9-18-19)8-17-16-14-4-11-3-12(6-14)7-15(16)5-11/h9-12,14-17,20H,1-8H2. The summed E-state index contributed by atoms with van der Waals surface area (Å²) in [5.74, 6) is 3.95. The van der Waals surface area contributed by atoms with E-state index < -0.39 is 0 Å². The van der Waals surface area contributed by atoms with Crippen LogP contribution in [-0.4, -0.2) is 27.5 Å². The number of nitrogens with zero attached hydrogens (tertiary/aromatic N) is 2. The van der Waals surface area contributed by atoms with Crippen molar-refractivity contribution in [2.75, 3.05) is 6.61 Å². The molecule has 0 amide bonds. The molecule has 0 atom stereocenters. The van der Waals surface area contributed by atoms with Crippen LogP contribution in [0.5, 0.6) is 0 Å². The van der Waals surface area contributed by atoms with Crippen molar-refractivity contribution in [1.29, 1.82) is 0 Å². The molecule has 4 saturated carbocycles. The molecule has 1 aromatic heterocycles. The molecule has 1 aromatic rings. The summed E-state index contributed by atoms with van der Waals surface area (Å²) in [6.45, 7) is 1.68. The average molecular weight is 275 g/mol. The molecule has 4 nitrogen and oxygen atoms in total. The van der Waals surface area contributed by atoms with E-state index in [9.17, 15) is 0 Å². The molecule has 4 bridgehead atoms. The first kappa shape index (κ1) is 12.8. The number of aromatic nitrogens is 2. The fourth-order valence-corrected chi connectivity index (χ4v) is 5.22. The van der Waals surface area contributed by atoms with Crippen LogP contribution in [0.25, 0.3) is 0 Å². The lowest BCUT2D eigenvalue weighted by atomic mass is 9.54. The maximum absolute atomic E-state index is 8.92. The van der Waals surface area contributed by atoms with Gasteiger partial charge in [0.1, 0.15) is 0 Å². The minimum Gasteiger partial charge on any atom is -0.394 e. The molecule has 0 saturated heterocycles. The lowest BCUT2D eigenvalue weighted by Gasteiger charge is -2.54. The maximum Gasteiger partial charge on any atom is 0.0640 e. The fourth-order valence-electron chi connectivity index (χ4n) is 5.22. The average Bonchev–Trinajstić information content (AvgIpc) is 2.85. The van der Waals surface area contributed by atoms with Gasteiger partial charge in [-0.15, -0.1) is 0 Å². The zero-order valence-electron chi connectivity index (χ0n) is 12.0. The Morgan fingerprint density at radius 2 is 1.85 bits per heavy atom. The summed E-state index contributed by atoms with van der Waals surface area (Å²) in [5.41, 5.74) is 1.24. The van der Waals surface area contributed by atoms with Crippen molar-refractivity contribution in [3.63, 3.8) is 0 Å². The lowest BCUT2D eigenvalue weighted by Crippen LogP contribution is -2.54. The van der Waals surface area contributed by atoms with Crippen LogP contribution in [0.4, 0.5) is 0 Å². The Balaban J connectivity index is 1.37. The van der Waals surface area contributed by atoms with Crippen molar-refractivity contribution in [2.24, 2.45) is 23.7 Å². The van der Waals surface area contributed by atoms with E-state index in [0.717, 1.165) is 36.3 Å². The summed E-state index contributed by atoms with van der Waals surface area (Å²) in [6, 6.07) is 0.740. The zero-order chi connectivity index (χ0) is 13.5. The van der Waals surface area contributed by atoms with Crippen molar-refractivity contribution in [2.45, 2.75) is 51.2 Å². The Morgan fingerprint density at radius 3 is 2.50 bits per heavy atom. The van der Waals surface area contributed by atoms with E-state index in [1.807, 2.05) is 10.9 Å². The van der Waals surface area contributed by atoms with E-state index in [1.54, 1.807) is 0 Å². The van der Waals surface area contributed by atoms with Crippen LogP contribution < -0.4 is 5.32 Å². The van der Waals surface area contributed by atoms with E-state index >= 15 is 0 Å².